The lowest BCUT2D eigenvalue weighted by molar-refractivity contribution is 0.0659. The highest BCUT2D eigenvalue weighted by molar-refractivity contribution is 5.86. The molecule has 1 aliphatic carbocycles. The van der Waals surface area contributed by atoms with Gasteiger partial charge in [-0.1, -0.05) is 13.8 Å². The number of hydrogen-bond acceptors (Lipinski definition) is 3. The molecule has 18 heavy (non-hydrogen) atoms. The smallest absolute Gasteiger partial charge is 0.372 e. The van der Waals surface area contributed by atoms with Crippen molar-refractivity contribution in [3.05, 3.63) is 23.2 Å². The Kier molecular flexibility index (Phi) is 3.48. The lowest BCUT2D eigenvalue weighted by atomic mass is 9.92. The lowest BCUT2D eigenvalue weighted by Crippen LogP contribution is -2.27. The van der Waals surface area contributed by atoms with Crippen molar-refractivity contribution in [2.45, 2.75) is 40.2 Å². The molecule has 0 spiro atoms. The predicted octanol–water partition coefficient (Wildman–Crippen LogP) is 2.81. The van der Waals surface area contributed by atoms with Crippen LogP contribution in [0, 0.1) is 18.3 Å². The molecule has 2 rings (SSSR count). The third kappa shape index (κ3) is 2.58. The largest absolute Gasteiger partial charge is 0.475 e. The number of furan rings is 1. The van der Waals surface area contributed by atoms with Gasteiger partial charge in [0.05, 0.1) is 6.54 Å². The molecule has 4 nitrogen and oxygen atoms in total. The van der Waals surface area contributed by atoms with Crippen LogP contribution in [0.2, 0.25) is 0 Å². The van der Waals surface area contributed by atoms with Crippen molar-refractivity contribution in [3.8, 4) is 0 Å². The zero-order chi connectivity index (χ0) is 13.3. The highest BCUT2D eigenvalue weighted by Crippen LogP contribution is 2.51. The Labute approximate surface area is 107 Å². The van der Waals surface area contributed by atoms with E-state index in [1.807, 2.05) is 0 Å². The minimum atomic E-state index is -1.00. The summed E-state index contributed by atoms with van der Waals surface area (Å²) in [6.45, 7) is 7.85. The summed E-state index contributed by atoms with van der Waals surface area (Å²) < 4.78 is 5.31. The van der Waals surface area contributed by atoms with Crippen LogP contribution >= 0.6 is 0 Å². The molecule has 0 aliphatic heterocycles. The van der Waals surface area contributed by atoms with Gasteiger partial charge in [-0.15, -0.1) is 0 Å². The maximum Gasteiger partial charge on any atom is 0.372 e. The molecule has 2 N–H and O–H groups in total. The summed E-state index contributed by atoms with van der Waals surface area (Å²) in [7, 11) is 0. The third-order valence-electron chi connectivity index (χ3n) is 4.06. The molecule has 100 valence electrons. The number of carbonyl (C=O) groups is 1. The second-order valence-electron chi connectivity index (χ2n) is 5.65. The van der Waals surface area contributed by atoms with Gasteiger partial charge in [-0.2, -0.15) is 0 Å². The van der Waals surface area contributed by atoms with Crippen molar-refractivity contribution in [1.29, 1.82) is 0 Å². The minimum Gasteiger partial charge on any atom is -0.475 e. The second kappa shape index (κ2) is 4.76. The van der Waals surface area contributed by atoms with E-state index in [1.54, 1.807) is 13.0 Å². The van der Waals surface area contributed by atoms with Gasteiger partial charge in [0.2, 0.25) is 5.76 Å². The van der Waals surface area contributed by atoms with Crippen molar-refractivity contribution < 1.29 is 14.3 Å². The van der Waals surface area contributed by atoms with E-state index in [4.69, 9.17) is 9.52 Å². The second-order valence-corrected chi connectivity index (χ2v) is 5.65. The van der Waals surface area contributed by atoms with Crippen LogP contribution in [-0.4, -0.2) is 17.6 Å². The Morgan fingerprint density at radius 2 is 2.22 bits per heavy atom. The summed E-state index contributed by atoms with van der Waals surface area (Å²) in [6.07, 6.45) is 2.57. The predicted molar refractivity (Wildman–Crippen MR) is 68.6 cm³/mol. The molecule has 1 heterocycles. The van der Waals surface area contributed by atoms with Crippen molar-refractivity contribution in [1.82, 2.24) is 5.32 Å². The Morgan fingerprint density at radius 1 is 1.56 bits per heavy atom. The number of aromatic carboxylic acids is 1. The molecule has 0 aromatic carbocycles. The minimum absolute atomic E-state index is 0.0526. The van der Waals surface area contributed by atoms with E-state index in [0.717, 1.165) is 6.54 Å². The van der Waals surface area contributed by atoms with E-state index in [-0.39, 0.29) is 5.76 Å². The van der Waals surface area contributed by atoms with Crippen LogP contribution in [0.5, 0.6) is 0 Å². The Morgan fingerprint density at radius 3 is 2.67 bits per heavy atom. The normalized spacial score (nSPS) is 17.1. The number of aryl methyl sites for hydroxylation is 1. The fraction of sp³-hybridized carbons (Fsp3) is 0.643. The first kappa shape index (κ1) is 13.1. The monoisotopic (exact) mass is 251 g/mol. The SMILES string of the molecule is Cc1cc(CNCC2(C(C)C)CC2)oc1C(=O)O. The van der Waals surface area contributed by atoms with E-state index >= 15 is 0 Å². The molecule has 0 unspecified atom stereocenters. The number of rotatable bonds is 6. The van der Waals surface area contributed by atoms with Crippen molar-refractivity contribution in [3.63, 3.8) is 0 Å². The first-order valence-corrected chi connectivity index (χ1v) is 6.48. The van der Waals surface area contributed by atoms with Crippen molar-refractivity contribution in [2.75, 3.05) is 6.54 Å². The fourth-order valence-electron chi connectivity index (χ4n) is 2.40. The first-order chi connectivity index (χ1) is 8.44. The van der Waals surface area contributed by atoms with Gasteiger partial charge in [-0.05, 0) is 37.2 Å². The number of hydrogen-bond donors (Lipinski definition) is 2. The Balaban J connectivity index is 1.87. The van der Waals surface area contributed by atoms with Crippen LogP contribution in [0.1, 0.15) is 48.6 Å². The molecule has 1 aromatic heterocycles. The molecule has 0 saturated heterocycles. The number of nitrogens with one attached hydrogen (secondary N) is 1. The highest BCUT2D eigenvalue weighted by Gasteiger charge is 2.44. The first-order valence-electron chi connectivity index (χ1n) is 6.48. The fourth-order valence-corrected chi connectivity index (χ4v) is 2.40. The summed E-state index contributed by atoms with van der Waals surface area (Å²) in [5.41, 5.74) is 1.14. The third-order valence-corrected chi connectivity index (χ3v) is 4.06. The summed E-state index contributed by atoms with van der Waals surface area (Å²) in [5.74, 6) is 0.443. The molecule has 1 aromatic rings. The molecule has 1 fully saturated rings. The van der Waals surface area contributed by atoms with Crippen LogP contribution < -0.4 is 5.32 Å². The summed E-state index contributed by atoms with van der Waals surface area (Å²) >= 11 is 0. The van der Waals surface area contributed by atoms with Gasteiger partial charge in [0.15, 0.2) is 0 Å². The van der Waals surface area contributed by atoms with Gasteiger partial charge in [0.25, 0.3) is 0 Å². The van der Waals surface area contributed by atoms with Gasteiger partial charge in [-0.3, -0.25) is 0 Å². The van der Waals surface area contributed by atoms with Gasteiger partial charge >= 0.3 is 5.97 Å². The number of carboxylic acids is 1. The average molecular weight is 251 g/mol. The summed E-state index contributed by atoms with van der Waals surface area (Å²) in [4.78, 5) is 10.9. The average Bonchev–Trinajstić information content (AvgIpc) is 2.97. The topological polar surface area (TPSA) is 62.5 Å². The molecule has 1 aliphatic rings. The maximum atomic E-state index is 10.9. The van der Waals surface area contributed by atoms with E-state index in [2.05, 4.69) is 19.2 Å². The molecular formula is C14H21NO3. The number of carboxylic acid groups (broad SMARTS) is 1. The van der Waals surface area contributed by atoms with Gasteiger partial charge in [0.1, 0.15) is 5.76 Å². The molecule has 1 saturated carbocycles. The summed E-state index contributed by atoms with van der Waals surface area (Å²) in [6, 6.07) is 1.80. The molecule has 0 radical (unpaired) electrons. The standard InChI is InChI=1S/C14H21NO3/c1-9(2)14(4-5-14)8-15-7-11-6-10(3)12(18-11)13(16)17/h6,9,15H,4-5,7-8H2,1-3H3,(H,16,17). The van der Waals surface area contributed by atoms with Crippen LogP contribution in [-0.2, 0) is 6.54 Å². The Bertz CT molecular complexity index is 444. The highest BCUT2D eigenvalue weighted by atomic mass is 16.4. The summed E-state index contributed by atoms with van der Waals surface area (Å²) in [5, 5.41) is 12.3. The van der Waals surface area contributed by atoms with Crippen LogP contribution in [0.15, 0.2) is 10.5 Å². The van der Waals surface area contributed by atoms with E-state index in [0.29, 0.717) is 29.2 Å². The van der Waals surface area contributed by atoms with Crippen molar-refractivity contribution in [2.24, 2.45) is 11.3 Å². The van der Waals surface area contributed by atoms with Gasteiger partial charge in [0, 0.05) is 12.1 Å². The molecule has 0 bridgehead atoms. The van der Waals surface area contributed by atoms with Gasteiger partial charge < -0.3 is 14.8 Å². The molecule has 0 atom stereocenters. The van der Waals surface area contributed by atoms with Crippen LogP contribution in [0.25, 0.3) is 0 Å². The zero-order valence-corrected chi connectivity index (χ0v) is 11.2. The maximum absolute atomic E-state index is 10.9. The molecule has 0 amide bonds. The zero-order valence-electron chi connectivity index (χ0n) is 11.2. The molecular weight excluding hydrogens is 230 g/mol. The van der Waals surface area contributed by atoms with Crippen LogP contribution in [0.4, 0.5) is 0 Å². The quantitative estimate of drug-likeness (QED) is 0.816. The lowest BCUT2D eigenvalue weighted by Gasteiger charge is -2.19. The van der Waals surface area contributed by atoms with Gasteiger partial charge in [-0.25, -0.2) is 4.79 Å². The van der Waals surface area contributed by atoms with E-state index in [9.17, 15) is 4.79 Å². The molecule has 4 heteroatoms. The van der Waals surface area contributed by atoms with Crippen molar-refractivity contribution >= 4 is 5.97 Å². The van der Waals surface area contributed by atoms with E-state index in [1.165, 1.54) is 12.8 Å². The Hall–Kier alpha value is -1.29. The van der Waals surface area contributed by atoms with Crippen LogP contribution in [0.3, 0.4) is 0 Å². The van der Waals surface area contributed by atoms with E-state index < -0.39 is 5.97 Å².